The molecule has 222 valence electrons. The average molecular weight is 553 g/mol. The Morgan fingerprint density at radius 3 is 1.12 bits per heavy atom. The molecule has 0 unspecified atom stereocenters. The largest absolute Gasteiger partial charge is 0.392 e. The number of aliphatic hydroxyl groups excluding tert-OH is 1. The molecule has 0 aliphatic rings. The molecule has 0 saturated carbocycles. The summed E-state index contributed by atoms with van der Waals surface area (Å²) in [5.74, 6) is 0. The monoisotopic (exact) mass is 552 g/mol. The van der Waals surface area contributed by atoms with Gasteiger partial charge in [0.1, 0.15) is 0 Å². The van der Waals surface area contributed by atoms with Crippen LogP contribution in [0.4, 0.5) is 0 Å². The van der Waals surface area contributed by atoms with Gasteiger partial charge in [-0.2, -0.15) is 0 Å². The zero-order valence-corrected chi connectivity index (χ0v) is 27.4. The highest BCUT2D eigenvalue weighted by Gasteiger charge is 1.90. The third kappa shape index (κ3) is 25.3. The number of allylic oxidation sites excluding steroid dienone is 25. The van der Waals surface area contributed by atoms with E-state index in [0.717, 1.165) is 31.3 Å². The first-order valence-corrected chi connectivity index (χ1v) is 14.8. The minimum Gasteiger partial charge on any atom is -0.392 e. The van der Waals surface area contributed by atoms with Crippen molar-refractivity contribution in [3.05, 3.63) is 154 Å². The van der Waals surface area contributed by atoms with Gasteiger partial charge < -0.3 is 5.11 Å². The minimum absolute atomic E-state index is 0.145. The molecule has 0 rings (SSSR count). The molecule has 0 aromatic rings. The normalized spacial score (nSPS) is 15.6. The lowest BCUT2D eigenvalue weighted by Crippen LogP contribution is -1.84. The van der Waals surface area contributed by atoms with Crippen LogP contribution >= 0.6 is 0 Å². The van der Waals surface area contributed by atoms with E-state index < -0.39 is 0 Å². The van der Waals surface area contributed by atoms with Gasteiger partial charge in [-0.05, 0) is 88.0 Å². The maximum absolute atomic E-state index is 9.05. The third-order valence-corrected chi connectivity index (χ3v) is 6.12. The van der Waals surface area contributed by atoms with Crippen LogP contribution in [0.5, 0.6) is 0 Å². The van der Waals surface area contributed by atoms with Crippen LogP contribution in [0.3, 0.4) is 0 Å². The summed E-state index contributed by atoms with van der Waals surface area (Å²) < 4.78 is 0. The number of hydrogen-bond acceptors (Lipinski definition) is 1. The van der Waals surface area contributed by atoms with Crippen LogP contribution < -0.4 is 0 Å². The van der Waals surface area contributed by atoms with Crippen molar-refractivity contribution in [3.63, 3.8) is 0 Å². The smallest absolute Gasteiger partial charge is 0.0639 e. The van der Waals surface area contributed by atoms with Crippen LogP contribution in [0, 0.1) is 0 Å². The molecule has 41 heavy (non-hydrogen) atoms. The van der Waals surface area contributed by atoms with Gasteiger partial charge in [0.25, 0.3) is 0 Å². The van der Waals surface area contributed by atoms with Gasteiger partial charge in [0.2, 0.25) is 0 Å². The van der Waals surface area contributed by atoms with Crippen molar-refractivity contribution in [2.75, 3.05) is 6.61 Å². The van der Waals surface area contributed by atoms with Crippen molar-refractivity contribution in [2.24, 2.45) is 0 Å². The highest BCUT2D eigenvalue weighted by molar-refractivity contribution is 5.32. The van der Waals surface area contributed by atoms with E-state index in [1.54, 1.807) is 0 Å². The van der Waals surface area contributed by atoms with Crippen LogP contribution in [0.2, 0.25) is 0 Å². The Balaban J connectivity index is 4.70. The van der Waals surface area contributed by atoms with E-state index in [-0.39, 0.29) is 6.61 Å². The summed E-state index contributed by atoms with van der Waals surface area (Å²) in [4.78, 5) is 0. The molecule has 0 spiro atoms. The van der Waals surface area contributed by atoms with Crippen LogP contribution in [0.25, 0.3) is 0 Å². The number of rotatable bonds is 17. The van der Waals surface area contributed by atoms with Crippen molar-refractivity contribution >= 4 is 0 Å². The Hall–Kier alpha value is -3.42. The lowest BCUT2D eigenvalue weighted by molar-refractivity contribution is 0.331. The Morgan fingerprint density at radius 2 is 0.756 bits per heavy atom. The van der Waals surface area contributed by atoms with Crippen molar-refractivity contribution in [2.45, 2.75) is 88.0 Å². The molecular weight excluding hydrogens is 496 g/mol. The van der Waals surface area contributed by atoms with Gasteiger partial charge >= 0.3 is 0 Å². The molecule has 0 heterocycles. The van der Waals surface area contributed by atoms with Crippen LogP contribution in [-0.2, 0) is 0 Å². The first-order chi connectivity index (χ1) is 19.5. The first-order valence-electron chi connectivity index (χ1n) is 14.8. The van der Waals surface area contributed by atoms with E-state index in [1.807, 2.05) is 6.92 Å². The molecule has 1 heteroatoms. The molecule has 0 fully saturated rings. The van der Waals surface area contributed by atoms with Crippen molar-refractivity contribution in [3.8, 4) is 0 Å². The Bertz CT molecular complexity index is 1170. The molecule has 0 aromatic carbocycles. The van der Waals surface area contributed by atoms with E-state index in [4.69, 9.17) is 5.11 Å². The van der Waals surface area contributed by atoms with Gasteiger partial charge in [0.05, 0.1) is 6.61 Å². The van der Waals surface area contributed by atoms with Gasteiger partial charge in [-0.15, -0.1) is 0 Å². The molecule has 0 atom stereocenters. The summed E-state index contributed by atoms with van der Waals surface area (Å²) in [5, 5.41) is 9.05. The standard InChI is InChI=1S/C40H56O/c1-33(2)18-12-21-36(5)24-15-27-37(6)25-13-22-34(3)19-10-11-20-35(4)23-14-26-38(7)28-16-29-39(8)30-17-31-40(9)32-41/h10-11,13-16,18-20,22-29,31,41H,12,17,21,30,32H2,1-9H3/b11-10+,22-13+,23-14+,27-15+,28-16+,34-19-,35-20-,36-24-,37-25-,38-26-,39-29-,40-31-. The summed E-state index contributed by atoms with van der Waals surface area (Å²) >= 11 is 0. The van der Waals surface area contributed by atoms with Gasteiger partial charge in [0.15, 0.2) is 0 Å². The fraction of sp³-hybridized carbons (Fsp3) is 0.350. The van der Waals surface area contributed by atoms with Gasteiger partial charge in [0, 0.05) is 0 Å². The van der Waals surface area contributed by atoms with E-state index in [0.29, 0.717) is 0 Å². The Morgan fingerprint density at radius 1 is 0.415 bits per heavy atom. The maximum atomic E-state index is 9.05. The molecule has 0 amide bonds. The Labute approximate surface area is 253 Å². The third-order valence-electron chi connectivity index (χ3n) is 6.12. The molecule has 1 N–H and O–H groups in total. The van der Waals surface area contributed by atoms with Crippen molar-refractivity contribution in [1.29, 1.82) is 0 Å². The zero-order valence-electron chi connectivity index (χ0n) is 27.4. The SMILES string of the molecule is CC(C)=CCC\C(C)=C/C=C/C(C)=C\C=C\C(C)=C/C=C/C=C(C)\C=C\C=C(C)/C=C/C=C(/C)CC/C=C(/C)CO. The second-order valence-electron chi connectivity index (χ2n) is 11.1. The Kier molecular flexibility index (Phi) is 22.3. The predicted octanol–water partition coefficient (Wildman–Crippen LogP) is 11.9. The molecule has 0 aliphatic carbocycles. The molecule has 1 nitrogen and oxygen atoms in total. The van der Waals surface area contributed by atoms with Crippen molar-refractivity contribution in [1.82, 2.24) is 0 Å². The number of aliphatic hydroxyl groups is 1. The molecule has 0 aromatic heterocycles. The topological polar surface area (TPSA) is 20.2 Å². The summed E-state index contributed by atoms with van der Waals surface area (Å²) in [5.41, 5.74) is 9.99. The highest BCUT2D eigenvalue weighted by Crippen LogP contribution is 2.09. The van der Waals surface area contributed by atoms with Crippen LogP contribution in [0.15, 0.2) is 154 Å². The summed E-state index contributed by atoms with van der Waals surface area (Å²) in [6.07, 6.45) is 42.6. The molecule has 0 saturated heterocycles. The fourth-order valence-corrected chi connectivity index (χ4v) is 3.43. The van der Waals surface area contributed by atoms with E-state index in [1.165, 1.54) is 39.0 Å². The average Bonchev–Trinajstić information content (AvgIpc) is 2.90. The van der Waals surface area contributed by atoms with E-state index in [9.17, 15) is 0 Å². The second-order valence-corrected chi connectivity index (χ2v) is 11.1. The van der Waals surface area contributed by atoms with Gasteiger partial charge in [-0.3, -0.25) is 0 Å². The molecular formula is C40H56O. The van der Waals surface area contributed by atoms with Crippen molar-refractivity contribution < 1.29 is 5.11 Å². The lowest BCUT2D eigenvalue weighted by atomic mass is 10.1. The highest BCUT2D eigenvalue weighted by atomic mass is 16.3. The zero-order chi connectivity index (χ0) is 30.9. The van der Waals surface area contributed by atoms with E-state index >= 15 is 0 Å². The minimum atomic E-state index is 0.145. The number of hydrogen-bond donors (Lipinski definition) is 1. The molecule has 0 aliphatic heterocycles. The molecule has 0 bridgehead atoms. The molecule has 0 radical (unpaired) electrons. The van der Waals surface area contributed by atoms with Crippen LogP contribution in [0.1, 0.15) is 88.0 Å². The lowest BCUT2D eigenvalue weighted by Gasteiger charge is -1.98. The fourth-order valence-electron chi connectivity index (χ4n) is 3.43. The van der Waals surface area contributed by atoms with Gasteiger partial charge in [-0.25, -0.2) is 0 Å². The maximum Gasteiger partial charge on any atom is 0.0639 e. The predicted molar refractivity (Wildman–Crippen MR) is 187 cm³/mol. The quantitative estimate of drug-likeness (QED) is 0.140. The first kappa shape index (κ1) is 37.6. The van der Waals surface area contributed by atoms with Crippen LogP contribution in [-0.4, -0.2) is 11.7 Å². The van der Waals surface area contributed by atoms with Gasteiger partial charge in [-0.1, -0.05) is 154 Å². The second kappa shape index (κ2) is 24.4. The summed E-state index contributed by atoms with van der Waals surface area (Å²) in [7, 11) is 0. The van der Waals surface area contributed by atoms with E-state index in [2.05, 4.69) is 165 Å². The summed E-state index contributed by atoms with van der Waals surface area (Å²) in [6.45, 7) is 19.2. The summed E-state index contributed by atoms with van der Waals surface area (Å²) in [6, 6.07) is 0.